The monoisotopic (exact) mass is 418 g/mol. The van der Waals surface area contributed by atoms with Crippen LogP contribution in [-0.4, -0.2) is 0 Å². The van der Waals surface area contributed by atoms with E-state index in [0.29, 0.717) is 0 Å². The van der Waals surface area contributed by atoms with Crippen LogP contribution in [0.3, 0.4) is 0 Å². The summed E-state index contributed by atoms with van der Waals surface area (Å²) in [4.78, 5) is 0. The van der Waals surface area contributed by atoms with Gasteiger partial charge in [-0.2, -0.15) is 0 Å². The molecule has 6 rings (SSSR count). The fraction of sp³-hybridized carbons (Fsp3) is 0.258. The predicted molar refractivity (Wildman–Crippen MR) is 136 cm³/mol. The standard InChI is InChI=1S/C31H30N/c1-19-25(28-15-20(13-14-32(28)5)18-31(2,3)4)17-27-23-11-7-6-10-22(23)24-12-8-9-21-16-26(19)30(27)29(21)24/h6-15,17H,16,18H2,1-5H3/q+1/i18D2. The SMILES string of the molecule is [2H]C([2H])(c1cc[n+](C)c(-c2cc3c4ccccc4c4cccc5c4c3c(c2C)C5)c1)C(C)(C)C. The maximum atomic E-state index is 8.85. The smallest absolute Gasteiger partial charge is 0.201 e. The first-order valence-corrected chi connectivity index (χ1v) is 11.5. The average Bonchev–Trinajstić information content (AvgIpc) is 3.20. The van der Waals surface area contributed by atoms with Crippen molar-refractivity contribution < 1.29 is 7.31 Å². The second-order valence-corrected chi connectivity index (χ2v) is 10.3. The lowest BCUT2D eigenvalue weighted by atomic mass is 9.87. The largest absolute Gasteiger partial charge is 0.212 e. The zero-order valence-corrected chi connectivity index (χ0v) is 19.5. The lowest BCUT2D eigenvalue weighted by Gasteiger charge is -2.18. The minimum absolute atomic E-state index is 0.500. The van der Waals surface area contributed by atoms with Gasteiger partial charge in [-0.25, -0.2) is 4.57 Å². The summed E-state index contributed by atoms with van der Waals surface area (Å²) in [7, 11) is 2.06. The van der Waals surface area contributed by atoms with Gasteiger partial charge in [0.05, 0.1) is 0 Å². The van der Waals surface area contributed by atoms with Crippen LogP contribution in [0, 0.1) is 12.3 Å². The van der Waals surface area contributed by atoms with Crippen molar-refractivity contribution in [2.24, 2.45) is 12.5 Å². The molecule has 0 spiro atoms. The Hall–Kier alpha value is -3.19. The number of aryl methyl sites for hydroxylation is 1. The molecule has 5 aromatic rings. The third-order valence-electron chi connectivity index (χ3n) is 6.94. The minimum atomic E-state index is -1.44. The van der Waals surface area contributed by atoms with Crippen LogP contribution in [0.15, 0.2) is 66.9 Å². The third-order valence-corrected chi connectivity index (χ3v) is 6.94. The van der Waals surface area contributed by atoms with Gasteiger partial charge in [-0.1, -0.05) is 63.2 Å². The van der Waals surface area contributed by atoms with E-state index in [0.717, 1.165) is 17.7 Å². The molecule has 1 nitrogen and oxygen atoms in total. The van der Waals surface area contributed by atoms with Crippen molar-refractivity contribution in [2.45, 2.75) is 40.5 Å². The third kappa shape index (κ3) is 2.80. The molecule has 1 heteroatoms. The molecule has 32 heavy (non-hydrogen) atoms. The number of fused-ring (bicyclic) bond motifs is 3. The van der Waals surface area contributed by atoms with Gasteiger partial charge in [0.2, 0.25) is 5.69 Å². The van der Waals surface area contributed by atoms with Crippen molar-refractivity contribution in [2.75, 3.05) is 0 Å². The van der Waals surface area contributed by atoms with Crippen molar-refractivity contribution >= 4 is 32.3 Å². The molecule has 0 fully saturated rings. The van der Waals surface area contributed by atoms with Crippen LogP contribution in [0.1, 0.15) is 45.8 Å². The molecule has 0 saturated heterocycles. The number of benzene rings is 4. The highest BCUT2D eigenvalue weighted by atomic mass is 14.9. The zero-order chi connectivity index (χ0) is 24.0. The summed E-state index contributed by atoms with van der Waals surface area (Å²) in [5.41, 5.74) is 6.59. The number of nitrogens with zero attached hydrogens (tertiary/aromatic N) is 1. The van der Waals surface area contributed by atoms with Crippen molar-refractivity contribution in [3.8, 4) is 11.3 Å². The topological polar surface area (TPSA) is 3.88 Å². The van der Waals surface area contributed by atoms with Crippen molar-refractivity contribution in [3.05, 3.63) is 89.1 Å². The second kappa shape index (κ2) is 6.65. The highest BCUT2D eigenvalue weighted by molar-refractivity contribution is 6.29. The molecule has 1 aromatic heterocycles. The summed E-state index contributed by atoms with van der Waals surface area (Å²) in [5.74, 6) is 0. The van der Waals surface area contributed by atoms with Gasteiger partial charge in [0.25, 0.3) is 0 Å². The van der Waals surface area contributed by atoms with Crippen LogP contribution in [0.5, 0.6) is 0 Å². The van der Waals surface area contributed by atoms with Crippen LogP contribution in [0.2, 0.25) is 0 Å². The molecule has 1 heterocycles. The molecule has 0 atom stereocenters. The lowest BCUT2D eigenvalue weighted by molar-refractivity contribution is -0.660. The van der Waals surface area contributed by atoms with Crippen LogP contribution < -0.4 is 4.57 Å². The Kier molecular flexibility index (Phi) is 3.61. The lowest BCUT2D eigenvalue weighted by Crippen LogP contribution is -2.31. The van der Waals surface area contributed by atoms with Gasteiger partial charge in [0.15, 0.2) is 6.20 Å². The van der Waals surface area contributed by atoms with E-state index in [1.807, 2.05) is 33.0 Å². The number of aromatic nitrogens is 1. The van der Waals surface area contributed by atoms with Crippen molar-refractivity contribution in [1.29, 1.82) is 0 Å². The van der Waals surface area contributed by atoms with Crippen molar-refractivity contribution in [1.82, 2.24) is 0 Å². The first-order chi connectivity index (χ1) is 16.1. The van der Waals surface area contributed by atoms with Gasteiger partial charge in [0.1, 0.15) is 7.05 Å². The van der Waals surface area contributed by atoms with Crippen molar-refractivity contribution in [3.63, 3.8) is 0 Å². The molecule has 0 bridgehead atoms. The molecule has 0 N–H and O–H groups in total. The molecule has 1 aliphatic carbocycles. The van der Waals surface area contributed by atoms with Gasteiger partial charge in [-0.15, -0.1) is 0 Å². The van der Waals surface area contributed by atoms with E-state index in [9.17, 15) is 0 Å². The first-order valence-electron chi connectivity index (χ1n) is 12.5. The summed E-state index contributed by atoms with van der Waals surface area (Å²) >= 11 is 0. The fourth-order valence-electron chi connectivity index (χ4n) is 5.58. The normalized spacial score (nSPS) is 14.5. The average molecular weight is 419 g/mol. The van der Waals surface area contributed by atoms with E-state index in [1.165, 1.54) is 54.6 Å². The van der Waals surface area contributed by atoms with Gasteiger partial charge in [-0.05, 0) is 85.8 Å². The zero-order valence-electron chi connectivity index (χ0n) is 21.5. The highest BCUT2D eigenvalue weighted by Gasteiger charge is 2.26. The summed E-state index contributed by atoms with van der Waals surface area (Å²) in [6.07, 6.45) is 1.52. The molecule has 158 valence electrons. The molecular weight excluding hydrogens is 386 g/mol. The number of pyridine rings is 1. The van der Waals surface area contributed by atoms with Gasteiger partial charge < -0.3 is 0 Å². The molecule has 0 amide bonds. The molecule has 0 saturated carbocycles. The number of rotatable bonds is 2. The maximum Gasteiger partial charge on any atom is 0.212 e. The second-order valence-electron chi connectivity index (χ2n) is 10.3. The molecule has 1 aliphatic rings. The van der Waals surface area contributed by atoms with Gasteiger partial charge in [0, 0.05) is 20.4 Å². The summed E-state index contributed by atoms with van der Waals surface area (Å²) in [6, 6.07) is 21.8. The van der Waals surface area contributed by atoms with E-state index in [2.05, 4.69) is 73.1 Å². The minimum Gasteiger partial charge on any atom is -0.201 e. The molecule has 4 aromatic carbocycles. The first kappa shape index (κ1) is 17.4. The molecule has 0 aliphatic heterocycles. The Morgan fingerprint density at radius 2 is 1.59 bits per heavy atom. The Balaban J connectivity index is 1.71. The van der Waals surface area contributed by atoms with Gasteiger partial charge in [-0.3, -0.25) is 0 Å². The van der Waals surface area contributed by atoms with E-state index in [1.54, 1.807) is 0 Å². The van der Waals surface area contributed by atoms with Gasteiger partial charge >= 0.3 is 0 Å². The molecule has 0 unspecified atom stereocenters. The Morgan fingerprint density at radius 1 is 0.875 bits per heavy atom. The number of hydrogen-bond acceptors (Lipinski definition) is 0. The fourth-order valence-corrected chi connectivity index (χ4v) is 5.58. The quantitative estimate of drug-likeness (QED) is 0.203. The predicted octanol–water partition coefficient (Wildman–Crippen LogP) is 7.44. The highest BCUT2D eigenvalue weighted by Crippen LogP contribution is 2.46. The maximum absolute atomic E-state index is 8.85. The molecular formula is C31H30N+. The van der Waals surface area contributed by atoms with E-state index in [-0.39, 0.29) is 0 Å². The Labute approximate surface area is 193 Å². The van der Waals surface area contributed by atoms with Crippen LogP contribution in [-0.2, 0) is 19.8 Å². The van der Waals surface area contributed by atoms with Crippen LogP contribution >= 0.6 is 0 Å². The van der Waals surface area contributed by atoms with E-state index >= 15 is 0 Å². The van der Waals surface area contributed by atoms with E-state index < -0.39 is 11.8 Å². The summed E-state index contributed by atoms with van der Waals surface area (Å²) < 4.78 is 19.8. The molecule has 0 radical (unpaired) electrons. The Morgan fingerprint density at radius 3 is 2.34 bits per heavy atom. The number of hydrogen-bond donors (Lipinski definition) is 0. The van der Waals surface area contributed by atoms with E-state index in [4.69, 9.17) is 2.74 Å². The van der Waals surface area contributed by atoms with Crippen LogP contribution in [0.4, 0.5) is 0 Å². The van der Waals surface area contributed by atoms with Crippen LogP contribution in [0.25, 0.3) is 43.6 Å². The Bertz CT molecular complexity index is 1650. The summed E-state index contributed by atoms with van der Waals surface area (Å²) in [5, 5.41) is 8.04. The summed E-state index contributed by atoms with van der Waals surface area (Å²) in [6.45, 7) is 8.14.